The number of carbonyl (C=O) groups is 1. The van der Waals surface area contributed by atoms with Crippen LogP contribution in [0.15, 0.2) is 12.4 Å². The van der Waals surface area contributed by atoms with E-state index in [2.05, 4.69) is 22.2 Å². The van der Waals surface area contributed by atoms with Crippen molar-refractivity contribution in [3.8, 4) is 0 Å². The highest BCUT2D eigenvalue weighted by Gasteiger charge is 2.12. The van der Waals surface area contributed by atoms with Gasteiger partial charge in [0, 0.05) is 27.2 Å². The predicted octanol–water partition coefficient (Wildman–Crippen LogP) is 1.41. The van der Waals surface area contributed by atoms with E-state index in [4.69, 9.17) is 4.74 Å². The molecule has 6 nitrogen and oxygen atoms in total. The van der Waals surface area contributed by atoms with Gasteiger partial charge in [0.1, 0.15) is 11.5 Å². The molecule has 0 saturated carbocycles. The molecule has 0 radical (unpaired) electrons. The maximum Gasteiger partial charge on any atom is 0.273 e. The molecule has 0 fully saturated rings. The van der Waals surface area contributed by atoms with Crippen LogP contribution < -0.4 is 5.32 Å². The van der Waals surface area contributed by atoms with Gasteiger partial charge in [0.2, 0.25) is 0 Å². The molecular formula is C13H22N4O2. The van der Waals surface area contributed by atoms with E-state index in [0.29, 0.717) is 24.7 Å². The minimum Gasteiger partial charge on any atom is -0.383 e. The van der Waals surface area contributed by atoms with Gasteiger partial charge in [0.25, 0.3) is 5.91 Å². The van der Waals surface area contributed by atoms with E-state index < -0.39 is 0 Å². The van der Waals surface area contributed by atoms with Gasteiger partial charge in [-0.3, -0.25) is 4.79 Å². The lowest BCUT2D eigenvalue weighted by Gasteiger charge is -2.15. The van der Waals surface area contributed by atoms with E-state index in [9.17, 15) is 4.79 Å². The van der Waals surface area contributed by atoms with Gasteiger partial charge in [-0.25, -0.2) is 9.97 Å². The molecule has 0 aliphatic carbocycles. The van der Waals surface area contributed by atoms with Gasteiger partial charge in [-0.05, 0) is 6.42 Å². The largest absolute Gasteiger partial charge is 0.383 e. The maximum absolute atomic E-state index is 12.0. The Morgan fingerprint density at radius 3 is 2.79 bits per heavy atom. The van der Waals surface area contributed by atoms with Gasteiger partial charge in [-0.15, -0.1) is 0 Å². The Bertz CT molecular complexity index is 381. The fourth-order valence-corrected chi connectivity index (χ4v) is 1.50. The van der Waals surface area contributed by atoms with E-state index in [-0.39, 0.29) is 5.91 Å². The van der Waals surface area contributed by atoms with E-state index in [0.717, 1.165) is 19.4 Å². The van der Waals surface area contributed by atoms with Gasteiger partial charge in [0.15, 0.2) is 0 Å². The summed E-state index contributed by atoms with van der Waals surface area (Å²) in [6.07, 6.45) is 5.12. The zero-order valence-corrected chi connectivity index (χ0v) is 11.8. The predicted molar refractivity (Wildman–Crippen MR) is 74.3 cm³/mol. The lowest BCUT2D eigenvalue weighted by molar-refractivity contribution is 0.0787. The quantitative estimate of drug-likeness (QED) is 0.720. The smallest absolute Gasteiger partial charge is 0.273 e. The summed E-state index contributed by atoms with van der Waals surface area (Å²) in [6.45, 7) is 4.10. The van der Waals surface area contributed by atoms with E-state index in [1.54, 1.807) is 25.3 Å². The number of nitrogens with one attached hydrogen (secondary N) is 1. The van der Waals surface area contributed by atoms with Crippen molar-refractivity contribution < 1.29 is 9.53 Å². The highest BCUT2D eigenvalue weighted by molar-refractivity contribution is 5.91. The van der Waals surface area contributed by atoms with Gasteiger partial charge in [0.05, 0.1) is 19.0 Å². The van der Waals surface area contributed by atoms with E-state index in [1.807, 2.05) is 0 Å². The van der Waals surface area contributed by atoms with Crippen LogP contribution in [-0.4, -0.2) is 54.6 Å². The van der Waals surface area contributed by atoms with E-state index in [1.165, 1.54) is 6.20 Å². The lowest BCUT2D eigenvalue weighted by Crippen LogP contribution is -2.28. The molecule has 106 valence electrons. The van der Waals surface area contributed by atoms with Crippen LogP contribution in [0.25, 0.3) is 0 Å². The molecule has 0 saturated heterocycles. The molecule has 0 unspecified atom stereocenters. The number of ether oxygens (including phenoxy) is 1. The summed E-state index contributed by atoms with van der Waals surface area (Å²) >= 11 is 0. The molecule has 0 atom stereocenters. The van der Waals surface area contributed by atoms with Crippen LogP contribution in [0.2, 0.25) is 0 Å². The Labute approximate surface area is 114 Å². The molecule has 1 aromatic heterocycles. The highest BCUT2D eigenvalue weighted by atomic mass is 16.5. The van der Waals surface area contributed by atoms with Gasteiger partial charge < -0.3 is 15.0 Å². The molecule has 0 aliphatic heterocycles. The van der Waals surface area contributed by atoms with Crippen molar-refractivity contribution in [2.75, 3.05) is 39.2 Å². The average Bonchev–Trinajstić information content (AvgIpc) is 2.45. The summed E-state index contributed by atoms with van der Waals surface area (Å²) in [5.41, 5.74) is 0.371. The molecule has 1 aromatic rings. The summed E-state index contributed by atoms with van der Waals surface area (Å²) in [4.78, 5) is 22.0. The first-order chi connectivity index (χ1) is 9.19. The van der Waals surface area contributed by atoms with Gasteiger partial charge >= 0.3 is 0 Å². The van der Waals surface area contributed by atoms with Gasteiger partial charge in [-0.1, -0.05) is 13.3 Å². The average molecular weight is 266 g/mol. The van der Waals surface area contributed by atoms with Crippen molar-refractivity contribution >= 4 is 11.7 Å². The first-order valence-electron chi connectivity index (χ1n) is 6.49. The number of anilines is 1. The normalized spacial score (nSPS) is 10.3. The van der Waals surface area contributed by atoms with Crippen LogP contribution in [0.5, 0.6) is 0 Å². The first-order valence-corrected chi connectivity index (χ1v) is 6.49. The fourth-order valence-electron chi connectivity index (χ4n) is 1.50. The number of rotatable bonds is 8. The van der Waals surface area contributed by atoms with E-state index >= 15 is 0 Å². The van der Waals surface area contributed by atoms with Crippen molar-refractivity contribution in [3.05, 3.63) is 18.1 Å². The Balaban J connectivity index is 2.52. The van der Waals surface area contributed by atoms with Crippen molar-refractivity contribution in [2.45, 2.75) is 19.8 Å². The molecule has 0 aliphatic rings. The Morgan fingerprint density at radius 2 is 2.21 bits per heavy atom. The van der Waals surface area contributed by atoms with Crippen LogP contribution in [0.1, 0.15) is 30.3 Å². The second kappa shape index (κ2) is 8.42. The number of aromatic nitrogens is 2. The monoisotopic (exact) mass is 266 g/mol. The van der Waals surface area contributed by atoms with Gasteiger partial charge in [-0.2, -0.15) is 0 Å². The summed E-state index contributed by atoms with van der Waals surface area (Å²) in [5, 5.41) is 3.05. The standard InChI is InChI=1S/C13H22N4O2/c1-4-5-7-17(2)13(18)11-9-16-12(10-15-11)14-6-8-19-3/h9-10H,4-8H2,1-3H3,(H,14,16). The molecule has 19 heavy (non-hydrogen) atoms. The molecule has 6 heteroatoms. The number of amides is 1. The zero-order valence-electron chi connectivity index (χ0n) is 11.8. The van der Waals surface area contributed by atoms with Crippen LogP contribution in [0, 0.1) is 0 Å². The highest BCUT2D eigenvalue weighted by Crippen LogP contribution is 2.04. The second-order valence-electron chi connectivity index (χ2n) is 4.29. The molecule has 1 rings (SSSR count). The molecular weight excluding hydrogens is 244 g/mol. The molecule has 1 heterocycles. The number of unbranched alkanes of at least 4 members (excludes halogenated alkanes) is 1. The SMILES string of the molecule is CCCCN(C)C(=O)c1cnc(NCCOC)cn1. The zero-order chi connectivity index (χ0) is 14.1. The summed E-state index contributed by atoms with van der Waals surface area (Å²) in [5.74, 6) is 0.550. The third-order valence-corrected chi connectivity index (χ3v) is 2.68. The van der Waals surface area contributed by atoms with Crippen LogP contribution in [-0.2, 0) is 4.74 Å². The Hall–Kier alpha value is -1.69. The summed E-state index contributed by atoms with van der Waals surface area (Å²) in [6, 6.07) is 0. The summed E-state index contributed by atoms with van der Waals surface area (Å²) in [7, 11) is 3.42. The van der Waals surface area contributed by atoms with Crippen molar-refractivity contribution in [3.63, 3.8) is 0 Å². The lowest BCUT2D eigenvalue weighted by atomic mass is 10.3. The minimum absolute atomic E-state index is 0.0932. The summed E-state index contributed by atoms with van der Waals surface area (Å²) < 4.78 is 4.92. The number of carbonyl (C=O) groups excluding carboxylic acids is 1. The van der Waals surface area contributed by atoms with Crippen LogP contribution in [0.4, 0.5) is 5.82 Å². The minimum atomic E-state index is -0.0932. The second-order valence-corrected chi connectivity index (χ2v) is 4.29. The third-order valence-electron chi connectivity index (χ3n) is 2.68. The van der Waals surface area contributed by atoms with Crippen molar-refractivity contribution in [2.24, 2.45) is 0 Å². The third kappa shape index (κ3) is 5.21. The number of hydrogen-bond acceptors (Lipinski definition) is 5. The van der Waals surface area contributed by atoms with Crippen LogP contribution >= 0.6 is 0 Å². The molecule has 0 bridgehead atoms. The van der Waals surface area contributed by atoms with Crippen LogP contribution in [0.3, 0.4) is 0 Å². The Morgan fingerprint density at radius 1 is 1.42 bits per heavy atom. The molecule has 0 spiro atoms. The fraction of sp³-hybridized carbons (Fsp3) is 0.615. The number of hydrogen-bond donors (Lipinski definition) is 1. The topological polar surface area (TPSA) is 67.4 Å². The first kappa shape index (κ1) is 15.4. The molecule has 1 amide bonds. The van der Waals surface area contributed by atoms with Crippen molar-refractivity contribution in [1.29, 1.82) is 0 Å². The number of methoxy groups -OCH3 is 1. The molecule has 1 N–H and O–H groups in total. The Kier molecular flexibility index (Phi) is 6.81. The maximum atomic E-state index is 12.0. The van der Waals surface area contributed by atoms with Crippen molar-refractivity contribution in [1.82, 2.24) is 14.9 Å². The molecule has 0 aromatic carbocycles. The number of nitrogens with zero attached hydrogens (tertiary/aromatic N) is 3.